The number of benzene rings is 1. The maximum Gasteiger partial charge on any atom is 0.0843 e. The van der Waals surface area contributed by atoms with E-state index in [9.17, 15) is 0 Å². The van der Waals surface area contributed by atoms with Crippen LogP contribution >= 0.6 is 0 Å². The van der Waals surface area contributed by atoms with Crippen LogP contribution in [0.2, 0.25) is 0 Å². The van der Waals surface area contributed by atoms with Gasteiger partial charge in [-0.25, -0.2) is 5.01 Å². The summed E-state index contributed by atoms with van der Waals surface area (Å²) in [5.74, 6) is 0. The zero-order chi connectivity index (χ0) is 13.7. The molecule has 1 heterocycles. The van der Waals surface area contributed by atoms with E-state index in [1.165, 1.54) is 17.7 Å². The van der Waals surface area contributed by atoms with Gasteiger partial charge in [-0.3, -0.25) is 5.43 Å². The molecular weight excluding hydrogens is 236 g/mol. The Hall–Kier alpha value is -1.10. The van der Waals surface area contributed by atoms with Crippen LogP contribution in [0.3, 0.4) is 0 Å². The smallest absolute Gasteiger partial charge is 0.0843 e. The zero-order valence-corrected chi connectivity index (χ0v) is 12.4. The standard InChI is InChI=1S/C15H26N4/c1-4-16-19-12-14-8-5-6-9-15(14)18(13-19)11-7-10-17(2)3/h5-6,8-9,16H,4,7,10-13H2,1-3H3. The average Bonchev–Trinajstić information content (AvgIpc) is 2.38. The highest BCUT2D eigenvalue weighted by Crippen LogP contribution is 2.26. The summed E-state index contributed by atoms with van der Waals surface area (Å²) in [6.45, 7) is 7.34. The summed E-state index contributed by atoms with van der Waals surface area (Å²) in [7, 11) is 4.27. The van der Waals surface area contributed by atoms with Crippen molar-refractivity contribution in [2.24, 2.45) is 0 Å². The minimum atomic E-state index is 0.971. The first kappa shape index (κ1) is 14.3. The van der Waals surface area contributed by atoms with E-state index in [2.05, 4.69) is 65.5 Å². The molecule has 1 N–H and O–H groups in total. The van der Waals surface area contributed by atoms with Crippen molar-refractivity contribution < 1.29 is 0 Å². The number of anilines is 1. The van der Waals surface area contributed by atoms with E-state index in [0.29, 0.717) is 0 Å². The van der Waals surface area contributed by atoms with Gasteiger partial charge in [-0.1, -0.05) is 25.1 Å². The summed E-state index contributed by atoms with van der Waals surface area (Å²) >= 11 is 0. The van der Waals surface area contributed by atoms with Crippen LogP contribution < -0.4 is 10.3 Å². The molecule has 0 amide bonds. The third-order valence-corrected chi connectivity index (χ3v) is 3.45. The number of para-hydroxylation sites is 1. The average molecular weight is 262 g/mol. The molecule has 1 aliphatic rings. The van der Waals surface area contributed by atoms with Crippen molar-refractivity contribution in [1.29, 1.82) is 0 Å². The van der Waals surface area contributed by atoms with Gasteiger partial charge in [0.15, 0.2) is 0 Å². The van der Waals surface area contributed by atoms with Crippen molar-refractivity contribution in [3.05, 3.63) is 29.8 Å². The van der Waals surface area contributed by atoms with Crippen molar-refractivity contribution in [2.75, 3.05) is 45.3 Å². The Morgan fingerprint density at radius 2 is 2.05 bits per heavy atom. The Balaban J connectivity index is 2.03. The van der Waals surface area contributed by atoms with Gasteiger partial charge in [0.1, 0.15) is 0 Å². The summed E-state index contributed by atoms with van der Waals surface area (Å²) in [5.41, 5.74) is 6.25. The molecule has 0 saturated heterocycles. The van der Waals surface area contributed by atoms with E-state index in [1.807, 2.05) is 0 Å². The molecule has 4 heteroatoms. The second-order valence-electron chi connectivity index (χ2n) is 5.40. The third kappa shape index (κ3) is 3.93. The lowest BCUT2D eigenvalue weighted by Gasteiger charge is -2.38. The first-order valence-electron chi connectivity index (χ1n) is 7.16. The van der Waals surface area contributed by atoms with Gasteiger partial charge in [0.05, 0.1) is 6.67 Å². The molecule has 1 aliphatic heterocycles. The second kappa shape index (κ2) is 6.89. The zero-order valence-electron chi connectivity index (χ0n) is 12.4. The quantitative estimate of drug-likeness (QED) is 0.843. The van der Waals surface area contributed by atoms with Gasteiger partial charge in [-0.2, -0.15) is 0 Å². The first-order valence-corrected chi connectivity index (χ1v) is 7.16. The molecule has 106 valence electrons. The lowest BCUT2D eigenvalue weighted by atomic mass is 10.1. The summed E-state index contributed by atoms with van der Waals surface area (Å²) in [4.78, 5) is 4.73. The Kier molecular flexibility index (Phi) is 5.19. The predicted octanol–water partition coefficient (Wildman–Crippen LogP) is 1.74. The Morgan fingerprint density at radius 3 is 2.79 bits per heavy atom. The van der Waals surface area contributed by atoms with Crippen molar-refractivity contribution in [3.63, 3.8) is 0 Å². The maximum atomic E-state index is 3.44. The van der Waals surface area contributed by atoms with Crippen LogP contribution in [0.1, 0.15) is 18.9 Å². The summed E-state index contributed by atoms with van der Waals surface area (Å²) < 4.78 is 0. The van der Waals surface area contributed by atoms with Crippen molar-refractivity contribution in [1.82, 2.24) is 15.3 Å². The molecule has 0 spiro atoms. The number of hydrogen-bond acceptors (Lipinski definition) is 4. The van der Waals surface area contributed by atoms with E-state index < -0.39 is 0 Å². The van der Waals surface area contributed by atoms with Crippen LogP contribution in [-0.2, 0) is 6.54 Å². The fraction of sp³-hybridized carbons (Fsp3) is 0.600. The number of rotatable bonds is 6. The fourth-order valence-corrected chi connectivity index (χ4v) is 2.59. The number of hydrogen-bond donors (Lipinski definition) is 1. The van der Waals surface area contributed by atoms with Gasteiger partial charge in [0, 0.05) is 25.3 Å². The molecule has 0 saturated carbocycles. The normalized spacial score (nSPS) is 15.9. The first-order chi connectivity index (χ1) is 9.20. The summed E-state index contributed by atoms with van der Waals surface area (Å²) in [5, 5.41) is 2.30. The Labute approximate surface area is 117 Å². The summed E-state index contributed by atoms with van der Waals surface area (Å²) in [6, 6.07) is 8.75. The SMILES string of the molecule is CCNN1Cc2ccccc2N(CCCN(C)C)C1. The fourth-order valence-electron chi connectivity index (χ4n) is 2.59. The van der Waals surface area contributed by atoms with Gasteiger partial charge < -0.3 is 9.80 Å². The van der Waals surface area contributed by atoms with Gasteiger partial charge in [0.2, 0.25) is 0 Å². The van der Waals surface area contributed by atoms with Gasteiger partial charge in [-0.05, 0) is 38.7 Å². The minimum Gasteiger partial charge on any atom is -0.357 e. The molecule has 2 rings (SSSR count). The number of fused-ring (bicyclic) bond motifs is 1. The molecule has 0 fully saturated rings. The highest BCUT2D eigenvalue weighted by atomic mass is 15.6. The second-order valence-corrected chi connectivity index (χ2v) is 5.40. The largest absolute Gasteiger partial charge is 0.357 e. The molecule has 0 aliphatic carbocycles. The van der Waals surface area contributed by atoms with Crippen LogP contribution in [0.4, 0.5) is 5.69 Å². The highest BCUT2D eigenvalue weighted by Gasteiger charge is 2.21. The number of nitrogens with one attached hydrogen (secondary N) is 1. The molecule has 0 bridgehead atoms. The molecule has 1 aromatic carbocycles. The van der Waals surface area contributed by atoms with Crippen LogP contribution in [0, 0.1) is 0 Å². The van der Waals surface area contributed by atoms with E-state index in [4.69, 9.17) is 0 Å². The number of hydrazine groups is 1. The Bertz CT molecular complexity index is 391. The molecule has 0 atom stereocenters. The molecule has 19 heavy (non-hydrogen) atoms. The van der Waals surface area contributed by atoms with Crippen LogP contribution in [-0.4, -0.2) is 50.3 Å². The van der Waals surface area contributed by atoms with Gasteiger partial charge >= 0.3 is 0 Å². The number of nitrogens with zero attached hydrogens (tertiary/aromatic N) is 3. The van der Waals surface area contributed by atoms with E-state index in [0.717, 1.165) is 32.8 Å². The van der Waals surface area contributed by atoms with Gasteiger partial charge in [0.25, 0.3) is 0 Å². The molecule has 4 nitrogen and oxygen atoms in total. The van der Waals surface area contributed by atoms with Crippen molar-refractivity contribution >= 4 is 5.69 Å². The highest BCUT2D eigenvalue weighted by molar-refractivity contribution is 5.54. The third-order valence-electron chi connectivity index (χ3n) is 3.45. The maximum absolute atomic E-state index is 3.44. The van der Waals surface area contributed by atoms with E-state index in [1.54, 1.807) is 0 Å². The Morgan fingerprint density at radius 1 is 1.26 bits per heavy atom. The molecule has 0 unspecified atom stereocenters. The minimum absolute atomic E-state index is 0.971. The van der Waals surface area contributed by atoms with E-state index in [-0.39, 0.29) is 0 Å². The summed E-state index contributed by atoms with van der Waals surface area (Å²) in [6.07, 6.45) is 1.20. The molecular formula is C15H26N4. The lowest BCUT2D eigenvalue weighted by Crippen LogP contribution is -2.49. The molecule has 0 radical (unpaired) electrons. The topological polar surface area (TPSA) is 21.8 Å². The predicted molar refractivity (Wildman–Crippen MR) is 81.0 cm³/mol. The van der Waals surface area contributed by atoms with E-state index >= 15 is 0 Å². The van der Waals surface area contributed by atoms with Gasteiger partial charge in [-0.15, -0.1) is 0 Å². The van der Waals surface area contributed by atoms with Crippen LogP contribution in [0.5, 0.6) is 0 Å². The molecule has 0 aromatic heterocycles. The van der Waals surface area contributed by atoms with Crippen LogP contribution in [0.15, 0.2) is 24.3 Å². The van der Waals surface area contributed by atoms with Crippen molar-refractivity contribution in [2.45, 2.75) is 19.9 Å². The molecule has 1 aromatic rings. The van der Waals surface area contributed by atoms with Crippen LogP contribution in [0.25, 0.3) is 0 Å². The van der Waals surface area contributed by atoms with Crippen molar-refractivity contribution in [3.8, 4) is 0 Å². The lowest BCUT2D eigenvalue weighted by molar-refractivity contribution is 0.172. The monoisotopic (exact) mass is 262 g/mol.